The minimum atomic E-state index is 0.630. The molecule has 1 heteroatoms. The zero-order valence-corrected chi connectivity index (χ0v) is 11.3. The molecule has 0 aromatic heterocycles. The third-order valence-corrected chi connectivity index (χ3v) is 3.11. The largest absolute Gasteiger partial charge is 0.298 e. The van der Waals surface area contributed by atoms with Gasteiger partial charge in [-0.3, -0.25) is 4.90 Å². The van der Waals surface area contributed by atoms with Crippen LogP contribution in [0.5, 0.6) is 0 Å². The highest BCUT2D eigenvalue weighted by Crippen LogP contribution is 2.09. The molecule has 1 rings (SSSR count). The van der Waals surface area contributed by atoms with Crippen molar-refractivity contribution >= 4 is 0 Å². The van der Waals surface area contributed by atoms with Gasteiger partial charge in [-0.15, -0.1) is 0 Å². The summed E-state index contributed by atoms with van der Waals surface area (Å²) in [7, 11) is 0. The summed E-state index contributed by atoms with van der Waals surface area (Å²) >= 11 is 0. The normalized spacial score (nSPS) is 11.8. The molecule has 1 aromatic carbocycles. The zero-order valence-electron chi connectivity index (χ0n) is 11.3. The van der Waals surface area contributed by atoms with Crippen molar-refractivity contribution in [3.05, 3.63) is 35.4 Å². The highest BCUT2D eigenvalue weighted by molar-refractivity contribution is 5.21. The molecule has 0 saturated heterocycles. The fraction of sp³-hybridized carbons (Fsp3) is 0.600. The van der Waals surface area contributed by atoms with Gasteiger partial charge in [0.1, 0.15) is 0 Å². The molecule has 0 unspecified atom stereocenters. The van der Waals surface area contributed by atoms with E-state index >= 15 is 0 Å². The number of rotatable bonds is 5. The van der Waals surface area contributed by atoms with Crippen molar-refractivity contribution in [2.75, 3.05) is 6.54 Å². The SMILES string of the molecule is Cc1ccc(CCN(C(C)C)C(C)C)cc1. The van der Waals surface area contributed by atoms with Crippen molar-refractivity contribution in [1.82, 2.24) is 4.90 Å². The van der Waals surface area contributed by atoms with Crippen molar-refractivity contribution in [1.29, 1.82) is 0 Å². The van der Waals surface area contributed by atoms with E-state index in [9.17, 15) is 0 Å². The van der Waals surface area contributed by atoms with Crippen LogP contribution in [0.2, 0.25) is 0 Å². The summed E-state index contributed by atoms with van der Waals surface area (Å²) in [5.74, 6) is 0. The molecule has 0 aliphatic carbocycles. The third kappa shape index (κ3) is 3.97. The predicted molar refractivity (Wildman–Crippen MR) is 71.9 cm³/mol. The maximum atomic E-state index is 2.54. The van der Waals surface area contributed by atoms with Gasteiger partial charge in [-0.05, 0) is 46.6 Å². The lowest BCUT2D eigenvalue weighted by Crippen LogP contribution is -2.38. The second-order valence-corrected chi connectivity index (χ2v) is 5.16. The first-order chi connectivity index (χ1) is 7.50. The third-order valence-electron chi connectivity index (χ3n) is 3.11. The molecule has 1 nitrogen and oxygen atoms in total. The maximum Gasteiger partial charge on any atom is 0.00414 e. The van der Waals surface area contributed by atoms with E-state index in [0.717, 1.165) is 13.0 Å². The second-order valence-electron chi connectivity index (χ2n) is 5.16. The molecular formula is C15H25N. The van der Waals surface area contributed by atoms with Crippen molar-refractivity contribution in [2.24, 2.45) is 0 Å². The molecule has 0 aliphatic heterocycles. The Kier molecular flexibility index (Phi) is 5.01. The molecule has 16 heavy (non-hydrogen) atoms. The highest BCUT2D eigenvalue weighted by Gasteiger charge is 2.12. The van der Waals surface area contributed by atoms with Crippen LogP contribution in [0.25, 0.3) is 0 Å². The first-order valence-corrected chi connectivity index (χ1v) is 6.32. The van der Waals surface area contributed by atoms with Gasteiger partial charge >= 0.3 is 0 Å². The van der Waals surface area contributed by atoms with Crippen LogP contribution in [0.15, 0.2) is 24.3 Å². The number of hydrogen-bond acceptors (Lipinski definition) is 1. The van der Waals surface area contributed by atoms with Crippen molar-refractivity contribution in [2.45, 2.75) is 53.1 Å². The molecule has 0 saturated carbocycles. The van der Waals surface area contributed by atoms with Gasteiger partial charge in [0.15, 0.2) is 0 Å². The lowest BCUT2D eigenvalue weighted by atomic mass is 10.1. The van der Waals surface area contributed by atoms with E-state index in [4.69, 9.17) is 0 Å². The van der Waals surface area contributed by atoms with E-state index in [1.165, 1.54) is 11.1 Å². The predicted octanol–water partition coefficient (Wildman–Crippen LogP) is 3.66. The van der Waals surface area contributed by atoms with Crippen LogP contribution in [-0.2, 0) is 6.42 Å². The van der Waals surface area contributed by atoms with E-state index in [1.807, 2.05) is 0 Å². The van der Waals surface area contributed by atoms with Crippen LogP contribution < -0.4 is 0 Å². The molecule has 0 N–H and O–H groups in total. The van der Waals surface area contributed by atoms with Crippen LogP contribution in [0.1, 0.15) is 38.8 Å². The van der Waals surface area contributed by atoms with Crippen LogP contribution in [-0.4, -0.2) is 23.5 Å². The summed E-state index contributed by atoms with van der Waals surface area (Å²) in [6.45, 7) is 12.4. The minimum absolute atomic E-state index is 0.630. The Morgan fingerprint density at radius 2 is 1.44 bits per heavy atom. The van der Waals surface area contributed by atoms with Crippen LogP contribution >= 0.6 is 0 Å². The number of aryl methyl sites for hydroxylation is 1. The summed E-state index contributed by atoms with van der Waals surface area (Å²) in [5.41, 5.74) is 2.78. The van der Waals surface area contributed by atoms with E-state index in [0.29, 0.717) is 12.1 Å². The van der Waals surface area contributed by atoms with Crippen molar-refractivity contribution < 1.29 is 0 Å². The molecule has 0 heterocycles. The van der Waals surface area contributed by atoms with Gasteiger partial charge in [-0.2, -0.15) is 0 Å². The average Bonchev–Trinajstić information content (AvgIpc) is 2.20. The van der Waals surface area contributed by atoms with Gasteiger partial charge in [0.05, 0.1) is 0 Å². The van der Waals surface area contributed by atoms with Crippen LogP contribution in [0.4, 0.5) is 0 Å². The molecule has 0 amide bonds. The molecule has 90 valence electrons. The Balaban J connectivity index is 2.52. The van der Waals surface area contributed by atoms with Crippen LogP contribution in [0, 0.1) is 6.92 Å². The Hall–Kier alpha value is -0.820. The number of nitrogens with zero attached hydrogens (tertiary/aromatic N) is 1. The van der Waals surface area contributed by atoms with Gasteiger partial charge in [0.25, 0.3) is 0 Å². The standard InChI is InChI=1S/C15H25N/c1-12(2)16(13(3)4)11-10-15-8-6-14(5)7-9-15/h6-9,12-13H,10-11H2,1-5H3. The molecule has 0 spiro atoms. The fourth-order valence-electron chi connectivity index (χ4n) is 2.13. The molecule has 0 atom stereocenters. The van der Waals surface area contributed by atoms with E-state index in [1.54, 1.807) is 0 Å². The van der Waals surface area contributed by atoms with Gasteiger partial charge in [-0.25, -0.2) is 0 Å². The first kappa shape index (κ1) is 13.2. The summed E-state index contributed by atoms with van der Waals surface area (Å²) < 4.78 is 0. The van der Waals surface area contributed by atoms with Crippen molar-refractivity contribution in [3.63, 3.8) is 0 Å². The smallest absolute Gasteiger partial charge is 0.00414 e. The van der Waals surface area contributed by atoms with Crippen LogP contribution in [0.3, 0.4) is 0 Å². The van der Waals surface area contributed by atoms with Gasteiger partial charge in [0.2, 0.25) is 0 Å². The highest BCUT2D eigenvalue weighted by atomic mass is 15.2. The summed E-state index contributed by atoms with van der Waals surface area (Å²) in [4.78, 5) is 2.54. The molecular weight excluding hydrogens is 194 g/mol. The Morgan fingerprint density at radius 3 is 1.88 bits per heavy atom. The second kappa shape index (κ2) is 6.05. The van der Waals surface area contributed by atoms with Gasteiger partial charge < -0.3 is 0 Å². The topological polar surface area (TPSA) is 3.24 Å². The molecule has 0 aliphatic rings. The van der Waals surface area contributed by atoms with E-state index in [-0.39, 0.29) is 0 Å². The summed E-state index contributed by atoms with van der Waals surface area (Å²) in [6, 6.07) is 10.1. The Bertz CT molecular complexity index is 290. The zero-order chi connectivity index (χ0) is 12.1. The average molecular weight is 219 g/mol. The summed E-state index contributed by atoms with van der Waals surface area (Å²) in [6.07, 6.45) is 1.15. The summed E-state index contributed by atoms with van der Waals surface area (Å²) in [5, 5.41) is 0. The quantitative estimate of drug-likeness (QED) is 0.730. The lowest BCUT2D eigenvalue weighted by molar-refractivity contribution is 0.177. The van der Waals surface area contributed by atoms with Crippen molar-refractivity contribution in [3.8, 4) is 0 Å². The van der Waals surface area contributed by atoms with E-state index in [2.05, 4.69) is 63.8 Å². The number of benzene rings is 1. The van der Waals surface area contributed by atoms with Gasteiger partial charge in [-0.1, -0.05) is 29.8 Å². The fourth-order valence-corrected chi connectivity index (χ4v) is 2.13. The molecule has 1 aromatic rings. The molecule has 0 fully saturated rings. The first-order valence-electron chi connectivity index (χ1n) is 6.32. The minimum Gasteiger partial charge on any atom is -0.298 e. The van der Waals surface area contributed by atoms with Gasteiger partial charge in [0, 0.05) is 18.6 Å². The lowest BCUT2D eigenvalue weighted by Gasteiger charge is -2.30. The Labute approximate surface area is 100 Å². The van der Waals surface area contributed by atoms with E-state index < -0.39 is 0 Å². The number of hydrogen-bond donors (Lipinski definition) is 0. The monoisotopic (exact) mass is 219 g/mol. The Morgan fingerprint density at radius 1 is 0.938 bits per heavy atom. The molecule has 0 bridgehead atoms. The maximum absolute atomic E-state index is 2.54. The molecule has 0 radical (unpaired) electrons.